The first-order chi connectivity index (χ1) is 20.7. The number of amides is 3. The fraction of sp³-hybridized carbons (Fsp3) is 0.385. The minimum atomic E-state index is -1.48. The molecular weight excluding hydrogens is 586 g/mol. The van der Waals surface area contributed by atoms with Crippen LogP contribution in [0.2, 0.25) is 0 Å². The lowest BCUT2D eigenvalue weighted by Crippen LogP contribution is -2.60. The van der Waals surface area contributed by atoms with E-state index in [1.54, 1.807) is 6.92 Å². The molecule has 3 rings (SSSR count). The van der Waals surface area contributed by atoms with Crippen LogP contribution in [0.25, 0.3) is 0 Å². The number of anilines is 2. The number of benzene rings is 2. The van der Waals surface area contributed by atoms with Gasteiger partial charge in [-0.2, -0.15) is 0 Å². The Bertz CT molecular complexity index is 1480. The van der Waals surface area contributed by atoms with Gasteiger partial charge in [0.25, 0.3) is 23.0 Å². The highest BCUT2D eigenvalue weighted by Gasteiger charge is 2.43. The number of carbonyl (C=O) groups is 4. The van der Waals surface area contributed by atoms with E-state index in [0.717, 1.165) is 18.2 Å². The first kappa shape index (κ1) is 32.8. The number of nitro groups is 3. The topological polar surface area (TPSA) is 246 Å². The highest BCUT2D eigenvalue weighted by molar-refractivity contribution is 5.96. The van der Waals surface area contributed by atoms with Gasteiger partial charge in [-0.1, -0.05) is 6.92 Å². The molecule has 0 spiro atoms. The number of nitrogens with zero attached hydrogens (tertiary/aromatic N) is 4. The second-order valence-electron chi connectivity index (χ2n) is 9.92. The fourth-order valence-corrected chi connectivity index (χ4v) is 4.42. The van der Waals surface area contributed by atoms with Gasteiger partial charge in [-0.25, -0.2) is 4.79 Å². The number of carbonyl (C=O) groups excluding carboxylic acids is 4. The van der Waals surface area contributed by atoms with Gasteiger partial charge < -0.3 is 25.6 Å². The van der Waals surface area contributed by atoms with Crippen LogP contribution in [0.4, 0.5) is 28.4 Å². The average Bonchev–Trinajstić information content (AvgIpc) is 3.48. The van der Waals surface area contributed by atoms with Crippen LogP contribution >= 0.6 is 0 Å². The molecule has 1 aliphatic rings. The van der Waals surface area contributed by atoms with Gasteiger partial charge in [-0.05, 0) is 44.4 Å². The lowest BCUT2D eigenvalue weighted by atomic mass is 9.96. The van der Waals surface area contributed by atoms with E-state index >= 15 is 0 Å². The molecule has 1 heterocycles. The minimum Gasteiger partial charge on any atom is -0.454 e. The molecule has 0 saturated carbocycles. The van der Waals surface area contributed by atoms with Crippen molar-refractivity contribution in [2.75, 3.05) is 30.3 Å². The van der Waals surface area contributed by atoms with Crippen LogP contribution < -0.4 is 16.0 Å². The van der Waals surface area contributed by atoms with Crippen molar-refractivity contribution in [1.29, 1.82) is 0 Å². The Morgan fingerprint density at radius 3 is 2.18 bits per heavy atom. The van der Waals surface area contributed by atoms with Gasteiger partial charge in [0.15, 0.2) is 6.61 Å². The van der Waals surface area contributed by atoms with Crippen molar-refractivity contribution in [3.05, 3.63) is 72.8 Å². The van der Waals surface area contributed by atoms with Gasteiger partial charge >= 0.3 is 5.97 Å². The average molecular weight is 616 g/mol. The summed E-state index contributed by atoms with van der Waals surface area (Å²) in [5.74, 6) is -2.82. The second-order valence-corrected chi connectivity index (χ2v) is 9.92. The number of hydrogen-bond donors (Lipinski definition) is 3. The molecule has 3 N–H and O–H groups in total. The molecule has 1 aliphatic heterocycles. The number of ether oxygens (including phenoxy) is 1. The number of rotatable bonds is 13. The van der Waals surface area contributed by atoms with E-state index in [1.165, 1.54) is 36.1 Å². The third-order valence-corrected chi connectivity index (χ3v) is 6.92. The summed E-state index contributed by atoms with van der Waals surface area (Å²) in [6.07, 6.45) is 0.832. The van der Waals surface area contributed by atoms with Gasteiger partial charge in [-0.15, -0.1) is 0 Å². The zero-order valence-electron chi connectivity index (χ0n) is 23.6. The van der Waals surface area contributed by atoms with Gasteiger partial charge in [0, 0.05) is 30.4 Å². The molecule has 3 amide bonds. The first-order valence-electron chi connectivity index (χ1n) is 13.3. The Morgan fingerprint density at radius 1 is 0.955 bits per heavy atom. The maximum absolute atomic E-state index is 13.5. The molecule has 18 nitrogen and oxygen atoms in total. The van der Waals surface area contributed by atoms with E-state index in [1.807, 2.05) is 0 Å². The summed E-state index contributed by atoms with van der Waals surface area (Å²) >= 11 is 0. The molecule has 2 atom stereocenters. The lowest BCUT2D eigenvalue weighted by Gasteiger charge is -2.34. The number of non-ortho nitro benzene ring substituents is 2. The predicted octanol–water partition coefficient (Wildman–Crippen LogP) is 2.28. The Labute approximate surface area is 249 Å². The molecule has 0 aromatic heterocycles. The Hall–Kier alpha value is -5.68. The molecule has 234 valence electrons. The molecule has 1 fully saturated rings. The fourth-order valence-electron chi connectivity index (χ4n) is 4.42. The maximum Gasteiger partial charge on any atom is 0.329 e. The van der Waals surface area contributed by atoms with E-state index in [0.29, 0.717) is 6.42 Å². The van der Waals surface area contributed by atoms with Crippen molar-refractivity contribution in [3.8, 4) is 0 Å². The molecule has 44 heavy (non-hydrogen) atoms. The summed E-state index contributed by atoms with van der Waals surface area (Å²) in [5, 5.41) is 40.6. The standard InChI is InChI=1S/C26H29N7O11/c1-3-26(2,29-22(34)14-27-19-11-10-18(32(40)41)13-21(19)33(42)43)25(37)30-12-4-5-20(30)24(36)44-15-23(35)28-16-6-8-17(9-7-16)31(38)39/h6-11,13,20,27H,3-5,12,14-15H2,1-2H3,(H,28,35)(H,29,34)/t20-,26+/m0/s1. The second kappa shape index (κ2) is 14.0. The van der Waals surface area contributed by atoms with E-state index in [-0.39, 0.29) is 36.4 Å². The van der Waals surface area contributed by atoms with Crippen LogP contribution in [-0.2, 0) is 23.9 Å². The Balaban J connectivity index is 1.58. The summed E-state index contributed by atoms with van der Waals surface area (Å²) in [6.45, 7) is 2.11. The molecule has 0 radical (unpaired) electrons. The number of hydrogen-bond acceptors (Lipinski definition) is 12. The van der Waals surface area contributed by atoms with Gasteiger partial charge in [0.2, 0.25) is 11.8 Å². The summed E-state index contributed by atoms with van der Waals surface area (Å²) in [6, 6.07) is 6.91. The zero-order chi connectivity index (χ0) is 32.6. The van der Waals surface area contributed by atoms with Crippen LogP contribution in [0, 0.1) is 30.3 Å². The maximum atomic E-state index is 13.5. The molecular formula is C26H29N7O11. The molecule has 18 heteroatoms. The van der Waals surface area contributed by atoms with Crippen LogP contribution in [0.5, 0.6) is 0 Å². The summed E-state index contributed by atoms with van der Waals surface area (Å²) in [5.41, 5.74) is -2.64. The van der Waals surface area contributed by atoms with Crippen molar-refractivity contribution >= 4 is 52.1 Å². The SMILES string of the molecule is CC[C@@](C)(NC(=O)CNc1ccc([N+](=O)[O-])cc1[N+](=O)[O-])C(=O)N1CCC[C@H]1C(=O)OCC(=O)Nc1ccc([N+](=O)[O-])cc1. The summed E-state index contributed by atoms with van der Waals surface area (Å²) in [7, 11) is 0. The highest BCUT2D eigenvalue weighted by Crippen LogP contribution is 2.29. The normalized spacial score (nSPS) is 15.4. The Kier molecular flexibility index (Phi) is 10.4. The number of esters is 1. The van der Waals surface area contributed by atoms with Crippen LogP contribution in [0.15, 0.2) is 42.5 Å². The van der Waals surface area contributed by atoms with E-state index in [4.69, 9.17) is 4.74 Å². The number of likely N-dealkylation sites (tertiary alicyclic amines) is 1. The summed E-state index contributed by atoms with van der Waals surface area (Å²) < 4.78 is 5.12. The van der Waals surface area contributed by atoms with Crippen molar-refractivity contribution in [1.82, 2.24) is 10.2 Å². The van der Waals surface area contributed by atoms with Crippen molar-refractivity contribution in [2.45, 2.75) is 44.7 Å². The van der Waals surface area contributed by atoms with Gasteiger partial charge in [0.1, 0.15) is 17.3 Å². The third-order valence-electron chi connectivity index (χ3n) is 6.92. The molecule has 2 aromatic carbocycles. The van der Waals surface area contributed by atoms with E-state index in [2.05, 4.69) is 16.0 Å². The summed E-state index contributed by atoms with van der Waals surface area (Å²) in [4.78, 5) is 83.4. The molecule has 0 bridgehead atoms. The van der Waals surface area contributed by atoms with Crippen LogP contribution in [0.3, 0.4) is 0 Å². The molecule has 0 unspecified atom stereocenters. The predicted molar refractivity (Wildman–Crippen MR) is 152 cm³/mol. The largest absolute Gasteiger partial charge is 0.454 e. The Morgan fingerprint density at radius 2 is 1.59 bits per heavy atom. The molecule has 2 aromatic rings. The van der Waals surface area contributed by atoms with Crippen LogP contribution in [-0.4, -0.2) is 74.6 Å². The van der Waals surface area contributed by atoms with E-state index < -0.39 is 74.6 Å². The number of nitrogens with one attached hydrogen (secondary N) is 3. The quantitative estimate of drug-likeness (QED) is 0.167. The smallest absolute Gasteiger partial charge is 0.329 e. The van der Waals surface area contributed by atoms with Gasteiger partial charge in [0.05, 0.1) is 27.4 Å². The highest BCUT2D eigenvalue weighted by atomic mass is 16.6. The number of nitro benzene ring substituents is 3. The lowest BCUT2D eigenvalue weighted by molar-refractivity contribution is -0.393. The first-order valence-corrected chi connectivity index (χ1v) is 13.3. The monoisotopic (exact) mass is 615 g/mol. The third kappa shape index (κ3) is 7.99. The minimum absolute atomic E-state index is 0.116. The van der Waals surface area contributed by atoms with Crippen molar-refractivity contribution in [2.24, 2.45) is 0 Å². The van der Waals surface area contributed by atoms with Gasteiger partial charge in [-0.3, -0.25) is 44.7 Å². The van der Waals surface area contributed by atoms with Crippen molar-refractivity contribution < 1.29 is 38.7 Å². The van der Waals surface area contributed by atoms with Crippen LogP contribution in [0.1, 0.15) is 33.1 Å². The zero-order valence-corrected chi connectivity index (χ0v) is 23.6. The van der Waals surface area contributed by atoms with E-state index in [9.17, 15) is 49.5 Å². The molecule has 0 aliphatic carbocycles. The molecule has 1 saturated heterocycles. The van der Waals surface area contributed by atoms with Crippen molar-refractivity contribution in [3.63, 3.8) is 0 Å².